The van der Waals surface area contributed by atoms with Gasteiger partial charge in [0.2, 0.25) is 5.91 Å². The molecular formula is C17H25NO5S. The topological polar surface area (TPSA) is 81.7 Å². The molecule has 0 atom stereocenters. The van der Waals surface area contributed by atoms with Gasteiger partial charge >= 0.3 is 11.9 Å². The van der Waals surface area contributed by atoms with E-state index in [1.807, 2.05) is 0 Å². The number of hydrogen-bond donors (Lipinski definition) is 1. The molecule has 0 spiro atoms. The number of thiophene rings is 1. The average molecular weight is 355 g/mol. The summed E-state index contributed by atoms with van der Waals surface area (Å²) in [6, 6.07) is 0. The first kappa shape index (κ1) is 20.2. The third kappa shape index (κ3) is 5.06. The van der Waals surface area contributed by atoms with E-state index in [-0.39, 0.29) is 28.9 Å². The first-order valence-corrected chi connectivity index (χ1v) is 8.64. The van der Waals surface area contributed by atoms with E-state index in [9.17, 15) is 14.4 Å². The summed E-state index contributed by atoms with van der Waals surface area (Å²) >= 11 is 1.03. The Morgan fingerprint density at radius 3 is 2.21 bits per heavy atom. The van der Waals surface area contributed by atoms with Crippen molar-refractivity contribution in [3.05, 3.63) is 16.0 Å². The van der Waals surface area contributed by atoms with E-state index in [2.05, 4.69) is 5.32 Å². The highest BCUT2D eigenvalue weighted by atomic mass is 32.1. The van der Waals surface area contributed by atoms with Crippen molar-refractivity contribution in [1.82, 2.24) is 0 Å². The second-order valence-electron chi connectivity index (χ2n) is 6.63. The van der Waals surface area contributed by atoms with Gasteiger partial charge in [0.25, 0.3) is 0 Å². The number of anilines is 1. The van der Waals surface area contributed by atoms with Gasteiger partial charge in [-0.3, -0.25) is 4.79 Å². The van der Waals surface area contributed by atoms with Gasteiger partial charge in [0.05, 0.1) is 12.2 Å². The zero-order valence-electron chi connectivity index (χ0n) is 15.2. The fourth-order valence-corrected chi connectivity index (χ4v) is 2.92. The maximum Gasteiger partial charge on any atom is 0.348 e. The van der Waals surface area contributed by atoms with Crippen molar-refractivity contribution >= 4 is 34.2 Å². The second-order valence-corrected chi connectivity index (χ2v) is 7.65. The number of carbonyl (C=O) groups is 3. The zero-order valence-corrected chi connectivity index (χ0v) is 16.1. The molecule has 1 heterocycles. The van der Waals surface area contributed by atoms with Crippen LogP contribution in [0.2, 0.25) is 0 Å². The normalized spacial score (nSPS) is 11.3. The molecular weight excluding hydrogens is 330 g/mol. The molecule has 1 rings (SSSR count). The van der Waals surface area contributed by atoms with E-state index in [1.54, 1.807) is 48.5 Å². The van der Waals surface area contributed by atoms with E-state index in [1.165, 1.54) is 0 Å². The molecule has 0 aliphatic carbocycles. The Labute approximate surface area is 146 Å². The Hall–Kier alpha value is -1.89. The molecule has 0 radical (unpaired) electrons. The van der Waals surface area contributed by atoms with Crippen LogP contribution in [0.15, 0.2) is 0 Å². The number of hydrogen-bond acceptors (Lipinski definition) is 6. The average Bonchev–Trinajstić information content (AvgIpc) is 2.73. The number of nitrogens with one attached hydrogen (secondary N) is 1. The molecule has 1 amide bonds. The zero-order chi connectivity index (χ0) is 18.7. The van der Waals surface area contributed by atoms with Gasteiger partial charge in [-0.2, -0.15) is 0 Å². The van der Waals surface area contributed by atoms with Crippen LogP contribution in [0.4, 0.5) is 5.00 Å². The smallest absolute Gasteiger partial charge is 0.348 e. The minimum atomic E-state index is -0.686. The molecule has 134 valence electrons. The van der Waals surface area contributed by atoms with Crippen molar-refractivity contribution in [2.24, 2.45) is 5.92 Å². The minimum absolute atomic E-state index is 0.201. The van der Waals surface area contributed by atoms with Crippen molar-refractivity contribution in [2.75, 3.05) is 11.9 Å². The third-order valence-corrected chi connectivity index (χ3v) is 4.16. The Kier molecular flexibility index (Phi) is 6.54. The first-order chi connectivity index (χ1) is 11.0. The predicted octanol–water partition coefficient (Wildman–Crippen LogP) is 3.78. The lowest BCUT2D eigenvalue weighted by Gasteiger charge is -2.20. The quantitative estimate of drug-likeness (QED) is 0.813. The summed E-state index contributed by atoms with van der Waals surface area (Å²) in [5, 5.41) is 3.01. The van der Waals surface area contributed by atoms with Gasteiger partial charge in [0.1, 0.15) is 15.5 Å². The highest BCUT2D eigenvalue weighted by Gasteiger charge is 2.29. The van der Waals surface area contributed by atoms with Crippen LogP contribution >= 0.6 is 11.3 Å². The summed E-state index contributed by atoms with van der Waals surface area (Å²) in [6.07, 6.45) is 0. The summed E-state index contributed by atoms with van der Waals surface area (Å²) in [5.74, 6) is -1.60. The number of amides is 1. The van der Waals surface area contributed by atoms with Crippen LogP contribution in [0.3, 0.4) is 0 Å². The lowest BCUT2D eigenvalue weighted by molar-refractivity contribution is -0.118. The fraction of sp³-hybridized carbons (Fsp3) is 0.588. The van der Waals surface area contributed by atoms with Crippen LogP contribution < -0.4 is 5.32 Å². The summed E-state index contributed by atoms with van der Waals surface area (Å²) in [5.41, 5.74) is -0.0340. The minimum Gasteiger partial charge on any atom is -0.462 e. The summed E-state index contributed by atoms with van der Waals surface area (Å²) in [6.45, 7) is 12.3. The van der Waals surface area contributed by atoms with Gasteiger partial charge in [-0.05, 0) is 40.2 Å². The Morgan fingerprint density at radius 1 is 1.17 bits per heavy atom. The van der Waals surface area contributed by atoms with Crippen LogP contribution in [0.25, 0.3) is 0 Å². The number of ether oxygens (including phenoxy) is 2. The molecule has 0 fully saturated rings. The monoisotopic (exact) mass is 355 g/mol. The highest BCUT2D eigenvalue weighted by Crippen LogP contribution is 2.35. The SMILES string of the molecule is CCOC(=O)c1sc(NC(=O)C(C)C)c(C(=O)OC(C)(C)C)c1C. The molecule has 0 aliphatic heterocycles. The van der Waals surface area contributed by atoms with Crippen molar-refractivity contribution in [3.8, 4) is 0 Å². The predicted molar refractivity (Wildman–Crippen MR) is 93.6 cm³/mol. The first-order valence-electron chi connectivity index (χ1n) is 7.82. The molecule has 0 bridgehead atoms. The number of carbonyl (C=O) groups excluding carboxylic acids is 3. The van der Waals surface area contributed by atoms with Crippen molar-refractivity contribution in [3.63, 3.8) is 0 Å². The number of rotatable bonds is 5. The largest absolute Gasteiger partial charge is 0.462 e. The molecule has 7 heteroatoms. The fourth-order valence-electron chi connectivity index (χ4n) is 1.82. The van der Waals surface area contributed by atoms with Crippen molar-refractivity contribution < 1.29 is 23.9 Å². The van der Waals surface area contributed by atoms with Gasteiger partial charge in [-0.25, -0.2) is 9.59 Å². The molecule has 1 aromatic rings. The van der Waals surface area contributed by atoms with Gasteiger partial charge < -0.3 is 14.8 Å². The second kappa shape index (κ2) is 7.79. The van der Waals surface area contributed by atoms with Crippen LogP contribution in [0, 0.1) is 12.8 Å². The lowest BCUT2D eigenvalue weighted by atomic mass is 10.1. The summed E-state index contributed by atoms with van der Waals surface area (Å²) in [7, 11) is 0. The molecule has 6 nitrogen and oxygen atoms in total. The molecule has 1 aromatic heterocycles. The third-order valence-electron chi connectivity index (χ3n) is 2.97. The maximum atomic E-state index is 12.5. The van der Waals surface area contributed by atoms with Crippen molar-refractivity contribution in [1.29, 1.82) is 0 Å². The van der Waals surface area contributed by atoms with E-state index in [4.69, 9.17) is 9.47 Å². The Bertz CT molecular complexity index is 640. The maximum absolute atomic E-state index is 12.5. The van der Waals surface area contributed by atoms with Crippen LogP contribution in [0.1, 0.15) is 67.1 Å². The highest BCUT2D eigenvalue weighted by molar-refractivity contribution is 7.18. The van der Waals surface area contributed by atoms with E-state index >= 15 is 0 Å². The summed E-state index contributed by atoms with van der Waals surface area (Å²) < 4.78 is 10.4. The van der Waals surface area contributed by atoms with Crippen LogP contribution in [0.5, 0.6) is 0 Å². The Balaban J connectivity index is 3.33. The molecule has 1 N–H and O–H groups in total. The Morgan fingerprint density at radius 2 is 1.75 bits per heavy atom. The van der Waals surface area contributed by atoms with Gasteiger partial charge in [0.15, 0.2) is 0 Å². The number of esters is 2. The summed E-state index contributed by atoms with van der Waals surface area (Å²) in [4.78, 5) is 36.9. The van der Waals surface area contributed by atoms with Crippen LogP contribution in [-0.4, -0.2) is 30.1 Å². The van der Waals surface area contributed by atoms with Gasteiger partial charge in [0, 0.05) is 5.92 Å². The van der Waals surface area contributed by atoms with Crippen molar-refractivity contribution in [2.45, 2.75) is 54.1 Å². The standard InChI is InChI=1S/C17H25NO5S/c1-8-22-16(21)12-10(4)11(15(20)23-17(5,6)7)14(24-12)18-13(19)9(2)3/h9H,8H2,1-7H3,(H,18,19). The lowest BCUT2D eigenvalue weighted by Crippen LogP contribution is -2.25. The van der Waals surface area contributed by atoms with Gasteiger partial charge in [-0.15, -0.1) is 11.3 Å². The molecule has 0 aromatic carbocycles. The molecule has 24 heavy (non-hydrogen) atoms. The van der Waals surface area contributed by atoms with E-state index in [0.717, 1.165) is 11.3 Å². The van der Waals surface area contributed by atoms with Crippen LogP contribution in [-0.2, 0) is 14.3 Å². The molecule has 0 saturated heterocycles. The van der Waals surface area contributed by atoms with E-state index < -0.39 is 17.5 Å². The molecule has 0 saturated carbocycles. The van der Waals surface area contributed by atoms with E-state index in [0.29, 0.717) is 10.6 Å². The molecule has 0 aliphatic rings. The van der Waals surface area contributed by atoms with Gasteiger partial charge in [-0.1, -0.05) is 13.8 Å². The molecule has 0 unspecified atom stereocenters.